The van der Waals surface area contributed by atoms with E-state index in [2.05, 4.69) is 5.23 Å². The van der Waals surface area contributed by atoms with Gasteiger partial charge in [-0.15, -0.1) is 0 Å². The van der Waals surface area contributed by atoms with Crippen LogP contribution in [0.1, 0.15) is 11.1 Å². The number of benzene rings is 2. The maximum Gasteiger partial charge on any atom is 0.373 e. The second kappa shape index (κ2) is 7.74. The van der Waals surface area contributed by atoms with Gasteiger partial charge in [-0.3, -0.25) is 4.18 Å². The lowest BCUT2D eigenvalue weighted by Crippen LogP contribution is -2.29. The van der Waals surface area contributed by atoms with Gasteiger partial charge in [-0.05, 0) is 29.1 Å². The van der Waals surface area contributed by atoms with Gasteiger partial charge in [0.1, 0.15) is 0 Å². The average Bonchev–Trinajstić information content (AvgIpc) is 2.51. The highest BCUT2D eigenvalue weighted by molar-refractivity contribution is 7.85. The molecule has 0 spiro atoms. The highest BCUT2D eigenvalue weighted by atomic mass is 32.2. The van der Waals surface area contributed by atoms with E-state index in [4.69, 9.17) is 4.18 Å². The van der Waals surface area contributed by atoms with Gasteiger partial charge >= 0.3 is 7.05 Å². The van der Waals surface area contributed by atoms with Crippen LogP contribution >= 0.6 is 0 Å². The Bertz CT molecular complexity index is 745. The molecule has 0 heterocycles. The van der Waals surface area contributed by atoms with Gasteiger partial charge in [0.15, 0.2) is 0 Å². The summed E-state index contributed by atoms with van der Waals surface area (Å²) in [5.74, 6) is 0. The molecular formula is C16H20BNO4S. The highest BCUT2D eigenvalue weighted by Crippen LogP contribution is 2.24. The van der Waals surface area contributed by atoms with E-state index in [1.54, 1.807) is 6.82 Å². The highest BCUT2D eigenvalue weighted by Gasteiger charge is 2.08. The molecule has 0 fully saturated rings. The number of nitrogens with one attached hydrogen (secondary N) is 1. The van der Waals surface area contributed by atoms with Crippen molar-refractivity contribution in [1.29, 1.82) is 0 Å². The van der Waals surface area contributed by atoms with Crippen molar-refractivity contribution in [3.05, 3.63) is 59.7 Å². The molecule has 0 saturated heterocycles. The van der Waals surface area contributed by atoms with Crippen LogP contribution in [0, 0.1) is 0 Å². The van der Waals surface area contributed by atoms with Crippen LogP contribution < -0.4 is 5.23 Å². The molecule has 0 aliphatic rings. The molecule has 0 radical (unpaired) electrons. The fourth-order valence-corrected chi connectivity index (χ4v) is 2.52. The fourth-order valence-electron chi connectivity index (χ4n) is 2.17. The Balaban J connectivity index is 2.16. The van der Waals surface area contributed by atoms with Gasteiger partial charge in [0.05, 0.1) is 12.9 Å². The van der Waals surface area contributed by atoms with E-state index in [9.17, 15) is 13.4 Å². The molecule has 0 aromatic heterocycles. The van der Waals surface area contributed by atoms with E-state index >= 15 is 0 Å². The molecule has 0 bridgehead atoms. The zero-order chi connectivity index (χ0) is 16.9. The van der Waals surface area contributed by atoms with Crippen LogP contribution in [-0.4, -0.2) is 26.7 Å². The maximum atomic E-state index is 11.0. The minimum Gasteiger partial charge on any atom is -0.437 e. The van der Waals surface area contributed by atoms with Crippen LogP contribution in [0.25, 0.3) is 11.1 Å². The van der Waals surface area contributed by atoms with Gasteiger partial charge in [-0.1, -0.05) is 48.5 Å². The summed E-state index contributed by atoms with van der Waals surface area (Å²) in [7, 11) is -4.01. The average molecular weight is 333 g/mol. The topological polar surface area (TPSA) is 75.6 Å². The molecule has 2 aromatic rings. The van der Waals surface area contributed by atoms with Crippen LogP contribution in [0.15, 0.2) is 48.5 Å². The summed E-state index contributed by atoms with van der Waals surface area (Å²) in [4.78, 5) is 0. The van der Waals surface area contributed by atoms with Crippen molar-refractivity contribution < 1.29 is 17.6 Å². The van der Waals surface area contributed by atoms with Gasteiger partial charge in [0.2, 0.25) is 0 Å². The Morgan fingerprint density at radius 2 is 1.78 bits per heavy atom. The smallest absolute Gasteiger partial charge is 0.373 e. The largest absolute Gasteiger partial charge is 0.437 e. The summed E-state index contributed by atoms with van der Waals surface area (Å²) >= 11 is 0. The van der Waals surface area contributed by atoms with Crippen LogP contribution in [0.4, 0.5) is 0 Å². The van der Waals surface area contributed by atoms with Crippen molar-refractivity contribution in [2.45, 2.75) is 20.0 Å². The molecule has 5 nitrogen and oxygen atoms in total. The first-order valence-corrected chi connectivity index (χ1v) is 9.10. The van der Waals surface area contributed by atoms with E-state index in [1.807, 2.05) is 48.5 Å². The minimum absolute atomic E-state index is 0.0321. The fraction of sp³-hybridized carbons (Fsp3) is 0.250. The molecule has 0 atom stereocenters. The van der Waals surface area contributed by atoms with E-state index in [1.165, 1.54) is 0 Å². The third-order valence-corrected chi connectivity index (χ3v) is 3.86. The first kappa shape index (κ1) is 17.7. The van der Waals surface area contributed by atoms with Gasteiger partial charge in [0.25, 0.3) is 10.1 Å². The lowest BCUT2D eigenvalue weighted by atomic mass is 9.88. The molecule has 122 valence electrons. The summed E-state index contributed by atoms with van der Waals surface area (Å²) in [6, 6.07) is 15.5. The first-order valence-electron chi connectivity index (χ1n) is 7.28. The molecule has 0 amide bonds. The summed E-state index contributed by atoms with van der Waals surface area (Å²) in [6.07, 6.45) is 1.03. The van der Waals surface area contributed by atoms with E-state index in [0.29, 0.717) is 6.54 Å². The summed E-state index contributed by atoms with van der Waals surface area (Å²) in [6.45, 7) is 2.27. The summed E-state index contributed by atoms with van der Waals surface area (Å²) < 4.78 is 26.8. The van der Waals surface area contributed by atoms with Gasteiger partial charge in [0, 0.05) is 6.54 Å². The molecular weight excluding hydrogens is 313 g/mol. The van der Waals surface area contributed by atoms with E-state index < -0.39 is 17.2 Å². The predicted molar refractivity (Wildman–Crippen MR) is 92.2 cm³/mol. The lowest BCUT2D eigenvalue weighted by molar-refractivity contribution is 0.311. The zero-order valence-electron chi connectivity index (χ0n) is 13.2. The Kier molecular flexibility index (Phi) is 5.95. The van der Waals surface area contributed by atoms with Gasteiger partial charge < -0.3 is 10.3 Å². The van der Waals surface area contributed by atoms with Crippen LogP contribution in [0.5, 0.6) is 0 Å². The number of hydrogen-bond donors (Lipinski definition) is 2. The standard InChI is InChI=1S/C16H20BNO4S/c1-17(19)18-11-15-5-3-4-6-16(15)14-9-7-13(8-10-14)12-22-23(2,20)21/h3-10,18-19H,11-12H2,1-2H3. The van der Waals surface area contributed by atoms with Gasteiger partial charge in [-0.2, -0.15) is 8.42 Å². The molecule has 0 saturated carbocycles. The van der Waals surface area contributed by atoms with Gasteiger partial charge in [-0.25, -0.2) is 0 Å². The number of rotatable bonds is 7. The molecule has 23 heavy (non-hydrogen) atoms. The molecule has 2 N–H and O–H groups in total. The van der Waals surface area contributed by atoms with E-state index in [-0.39, 0.29) is 6.61 Å². The Morgan fingerprint density at radius 3 is 2.39 bits per heavy atom. The predicted octanol–water partition coefficient (Wildman–Crippen LogP) is 2.03. The second-order valence-electron chi connectivity index (χ2n) is 5.38. The van der Waals surface area contributed by atoms with Crippen LogP contribution in [0.2, 0.25) is 6.82 Å². The quantitative estimate of drug-likeness (QED) is 0.599. The van der Waals surface area contributed by atoms with Crippen molar-refractivity contribution in [3.8, 4) is 11.1 Å². The summed E-state index contributed by atoms with van der Waals surface area (Å²) in [5, 5.41) is 12.4. The number of hydrogen-bond acceptors (Lipinski definition) is 5. The van der Waals surface area contributed by atoms with Crippen molar-refractivity contribution in [2.75, 3.05) is 6.26 Å². The van der Waals surface area contributed by atoms with Crippen molar-refractivity contribution in [1.82, 2.24) is 5.23 Å². The molecule has 7 heteroatoms. The zero-order valence-corrected chi connectivity index (χ0v) is 14.0. The third kappa shape index (κ3) is 5.80. The summed E-state index contributed by atoms with van der Waals surface area (Å²) in [5.41, 5.74) is 3.96. The van der Waals surface area contributed by atoms with Crippen molar-refractivity contribution in [3.63, 3.8) is 0 Å². The van der Waals surface area contributed by atoms with Crippen LogP contribution in [-0.2, 0) is 27.5 Å². The third-order valence-electron chi connectivity index (χ3n) is 3.31. The molecule has 0 aliphatic carbocycles. The Hall–Kier alpha value is -1.67. The monoisotopic (exact) mass is 333 g/mol. The van der Waals surface area contributed by atoms with Crippen LogP contribution in [0.3, 0.4) is 0 Å². The SMILES string of the molecule is CB(O)NCc1ccccc1-c1ccc(COS(C)(=O)=O)cc1. The van der Waals surface area contributed by atoms with E-state index in [0.717, 1.165) is 28.5 Å². The molecule has 0 unspecified atom stereocenters. The maximum absolute atomic E-state index is 11.0. The molecule has 2 rings (SSSR count). The second-order valence-corrected chi connectivity index (χ2v) is 7.02. The molecule has 0 aliphatic heterocycles. The van der Waals surface area contributed by atoms with Crippen molar-refractivity contribution >= 4 is 17.2 Å². The normalized spacial score (nSPS) is 11.4. The Morgan fingerprint density at radius 1 is 1.13 bits per heavy atom. The minimum atomic E-state index is -3.44. The lowest BCUT2D eigenvalue weighted by Gasteiger charge is -2.12. The molecule has 2 aromatic carbocycles. The first-order chi connectivity index (χ1) is 10.8. The Labute approximate surface area is 137 Å². The van der Waals surface area contributed by atoms with Crippen molar-refractivity contribution in [2.24, 2.45) is 0 Å².